The zero-order chi connectivity index (χ0) is 18.4. The van der Waals surface area contributed by atoms with Gasteiger partial charge in [-0.15, -0.1) is 0 Å². The van der Waals surface area contributed by atoms with E-state index in [4.69, 9.17) is 10.7 Å². The standard InChI is InChI=1S/C20H27N5O/c1-2-22-20(24-17-10-12-25(13-11-17)19(21)26)23-14-16-8-5-7-15-6-3-4-9-18(15)16/h3-9,17H,2,10-14H2,1H3,(H2,21,26)(H2,22,23,24). The van der Waals surface area contributed by atoms with Crippen LogP contribution in [0.5, 0.6) is 0 Å². The number of hydrogen-bond donors (Lipinski definition) is 3. The minimum absolute atomic E-state index is 0.302. The predicted octanol–water partition coefficient (Wildman–Crippen LogP) is 2.44. The Hall–Kier alpha value is -2.76. The Bertz CT molecular complexity index is 775. The number of benzene rings is 2. The van der Waals surface area contributed by atoms with E-state index in [1.54, 1.807) is 4.90 Å². The highest BCUT2D eigenvalue weighted by Crippen LogP contribution is 2.19. The summed E-state index contributed by atoms with van der Waals surface area (Å²) in [5.41, 5.74) is 6.56. The second kappa shape index (κ2) is 8.56. The summed E-state index contributed by atoms with van der Waals surface area (Å²) in [6, 6.07) is 14.7. The van der Waals surface area contributed by atoms with E-state index in [0.717, 1.165) is 25.3 Å². The van der Waals surface area contributed by atoms with Gasteiger partial charge in [0.15, 0.2) is 5.96 Å². The fourth-order valence-corrected chi connectivity index (χ4v) is 3.35. The average Bonchev–Trinajstić information content (AvgIpc) is 2.66. The van der Waals surface area contributed by atoms with Crippen molar-refractivity contribution in [1.82, 2.24) is 15.5 Å². The van der Waals surface area contributed by atoms with Crippen molar-refractivity contribution in [3.05, 3.63) is 48.0 Å². The molecular formula is C20H27N5O. The maximum atomic E-state index is 11.2. The van der Waals surface area contributed by atoms with E-state index >= 15 is 0 Å². The minimum Gasteiger partial charge on any atom is -0.357 e. The number of nitrogens with two attached hydrogens (primary N) is 1. The summed E-state index contributed by atoms with van der Waals surface area (Å²) in [6.45, 7) is 4.87. The molecule has 2 amide bonds. The van der Waals surface area contributed by atoms with E-state index < -0.39 is 0 Å². The Morgan fingerprint density at radius 2 is 1.92 bits per heavy atom. The first-order valence-electron chi connectivity index (χ1n) is 9.23. The van der Waals surface area contributed by atoms with Crippen molar-refractivity contribution < 1.29 is 4.79 Å². The third kappa shape index (κ3) is 4.45. The van der Waals surface area contributed by atoms with Gasteiger partial charge in [0.2, 0.25) is 0 Å². The molecule has 1 aliphatic rings. The Labute approximate surface area is 154 Å². The fraction of sp³-hybridized carbons (Fsp3) is 0.400. The van der Waals surface area contributed by atoms with Crippen molar-refractivity contribution >= 4 is 22.8 Å². The normalized spacial score (nSPS) is 15.9. The van der Waals surface area contributed by atoms with Gasteiger partial charge in [-0.05, 0) is 36.1 Å². The fourth-order valence-electron chi connectivity index (χ4n) is 3.35. The van der Waals surface area contributed by atoms with Crippen LogP contribution in [0.2, 0.25) is 0 Å². The summed E-state index contributed by atoms with van der Waals surface area (Å²) in [5.74, 6) is 0.818. The summed E-state index contributed by atoms with van der Waals surface area (Å²) in [4.78, 5) is 17.7. The molecule has 0 atom stereocenters. The Morgan fingerprint density at radius 3 is 2.65 bits per heavy atom. The molecule has 26 heavy (non-hydrogen) atoms. The molecule has 3 rings (SSSR count). The van der Waals surface area contributed by atoms with E-state index in [9.17, 15) is 4.79 Å². The molecule has 6 heteroatoms. The molecule has 1 saturated heterocycles. The molecule has 0 aromatic heterocycles. The molecule has 2 aromatic rings. The molecule has 1 aliphatic heterocycles. The number of urea groups is 1. The van der Waals surface area contributed by atoms with Crippen LogP contribution in [-0.2, 0) is 6.54 Å². The van der Waals surface area contributed by atoms with Crippen LogP contribution < -0.4 is 16.4 Å². The Morgan fingerprint density at radius 1 is 1.19 bits per heavy atom. The lowest BCUT2D eigenvalue weighted by molar-refractivity contribution is 0.188. The number of piperidine rings is 1. The number of nitrogens with zero attached hydrogens (tertiary/aromatic N) is 2. The van der Waals surface area contributed by atoms with Gasteiger partial charge >= 0.3 is 6.03 Å². The van der Waals surface area contributed by atoms with E-state index in [1.165, 1.54) is 16.3 Å². The molecule has 138 valence electrons. The van der Waals surface area contributed by atoms with Gasteiger partial charge in [-0.1, -0.05) is 42.5 Å². The number of fused-ring (bicyclic) bond motifs is 1. The van der Waals surface area contributed by atoms with Crippen LogP contribution in [0.15, 0.2) is 47.5 Å². The predicted molar refractivity (Wildman–Crippen MR) is 106 cm³/mol. The van der Waals surface area contributed by atoms with E-state index in [-0.39, 0.29) is 6.03 Å². The van der Waals surface area contributed by atoms with Crippen LogP contribution >= 0.6 is 0 Å². The number of nitrogens with one attached hydrogen (secondary N) is 2. The van der Waals surface area contributed by atoms with Crippen molar-refractivity contribution in [3.63, 3.8) is 0 Å². The zero-order valence-corrected chi connectivity index (χ0v) is 15.2. The molecule has 4 N–H and O–H groups in total. The van der Waals surface area contributed by atoms with Gasteiger partial charge in [0.1, 0.15) is 0 Å². The molecule has 2 aromatic carbocycles. The molecule has 0 aliphatic carbocycles. The van der Waals surface area contributed by atoms with Crippen molar-refractivity contribution in [3.8, 4) is 0 Å². The van der Waals surface area contributed by atoms with Crippen LogP contribution in [0, 0.1) is 0 Å². The van der Waals surface area contributed by atoms with E-state index in [0.29, 0.717) is 25.7 Å². The van der Waals surface area contributed by atoms with Gasteiger partial charge < -0.3 is 21.3 Å². The second-order valence-electron chi connectivity index (χ2n) is 6.58. The molecule has 0 radical (unpaired) electrons. The topological polar surface area (TPSA) is 82.8 Å². The van der Waals surface area contributed by atoms with Gasteiger partial charge in [0.05, 0.1) is 6.54 Å². The lowest BCUT2D eigenvalue weighted by Crippen LogP contribution is -2.50. The first kappa shape index (κ1) is 18.0. The number of amides is 2. The first-order valence-corrected chi connectivity index (χ1v) is 9.23. The lowest BCUT2D eigenvalue weighted by Gasteiger charge is -2.32. The van der Waals surface area contributed by atoms with Gasteiger partial charge in [-0.2, -0.15) is 0 Å². The number of carbonyl (C=O) groups is 1. The number of hydrogen-bond acceptors (Lipinski definition) is 2. The monoisotopic (exact) mass is 353 g/mol. The van der Waals surface area contributed by atoms with Crippen LogP contribution in [-0.4, -0.2) is 42.6 Å². The summed E-state index contributed by atoms with van der Waals surface area (Å²) in [7, 11) is 0. The minimum atomic E-state index is -0.333. The number of likely N-dealkylation sites (tertiary alicyclic amines) is 1. The van der Waals surface area contributed by atoms with Crippen LogP contribution in [0.1, 0.15) is 25.3 Å². The van der Waals surface area contributed by atoms with Crippen molar-refractivity contribution in [1.29, 1.82) is 0 Å². The Balaban J connectivity index is 1.66. The third-order valence-corrected chi connectivity index (χ3v) is 4.78. The summed E-state index contributed by atoms with van der Waals surface area (Å²) in [5, 5.41) is 9.28. The van der Waals surface area contributed by atoms with Gasteiger partial charge in [0, 0.05) is 25.7 Å². The molecular weight excluding hydrogens is 326 g/mol. The summed E-state index contributed by atoms with van der Waals surface area (Å²) in [6.07, 6.45) is 1.75. The van der Waals surface area contributed by atoms with Crippen molar-refractivity contribution in [2.24, 2.45) is 10.7 Å². The van der Waals surface area contributed by atoms with Gasteiger partial charge in [-0.3, -0.25) is 0 Å². The quantitative estimate of drug-likeness (QED) is 0.583. The van der Waals surface area contributed by atoms with Gasteiger partial charge in [0.25, 0.3) is 0 Å². The molecule has 0 unspecified atom stereocenters. The van der Waals surface area contributed by atoms with Crippen LogP contribution in [0.25, 0.3) is 10.8 Å². The maximum absolute atomic E-state index is 11.2. The zero-order valence-electron chi connectivity index (χ0n) is 15.2. The largest absolute Gasteiger partial charge is 0.357 e. The lowest BCUT2D eigenvalue weighted by atomic mass is 10.0. The molecule has 1 heterocycles. The number of primary amides is 1. The van der Waals surface area contributed by atoms with Crippen LogP contribution in [0.4, 0.5) is 4.79 Å². The molecule has 0 saturated carbocycles. The number of rotatable bonds is 4. The highest BCUT2D eigenvalue weighted by Gasteiger charge is 2.21. The number of carbonyl (C=O) groups excluding carboxylic acids is 1. The van der Waals surface area contributed by atoms with Gasteiger partial charge in [-0.25, -0.2) is 9.79 Å². The highest BCUT2D eigenvalue weighted by molar-refractivity contribution is 5.86. The average molecular weight is 353 g/mol. The smallest absolute Gasteiger partial charge is 0.314 e. The number of guanidine groups is 1. The first-order chi connectivity index (χ1) is 12.7. The van der Waals surface area contributed by atoms with Crippen LogP contribution in [0.3, 0.4) is 0 Å². The molecule has 0 bridgehead atoms. The van der Waals surface area contributed by atoms with E-state index in [1.807, 2.05) is 0 Å². The van der Waals surface area contributed by atoms with Crippen molar-refractivity contribution in [2.75, 3.05) is 19.6 Å². The second-order valence-corrected chi connectivity index (χ2v) is 6.58. The molecule has 6 nitrogen and oxygen atoms in total. The van der Waals surface area contributed by atoms with Crippen molar-refractivity contribution in [2.45, 2.75) is 32.4 Å². The molecule has 0 spiro atoms. The molecule has 1 fully saturated rings. The highest BCUT2D eigenvalue weighted by atomic mass is 16.2. The maximum Gasteiger partial charge on any atom is 0.314 e. The summed E-state index contributed by atoms with van der Waals surface area (Å²) >= 11 is 0. The summed E-state index contributed by atoms with van der Waals surface area (Å²) < 4.78 is 0. The number of aliphatic imine (C=N–C) groups is 1. The Kier molecular flexibility index (Phi) is 5.94. The van der Waals surface area contributed by atoms with E-state index in [2.05, 4.69) is 60.0 Å². The third-order valence-electron chi connectivity index (χ3n) is 4.78. The SMILES string of the molecule is CCNC(=NCc1cccc2ccccc12)NC1CCN(C(N)=O)CC1.